The molecule has 1 N–H and O–H groups in total. The van der Waals surface area contributed by atoms with Crippen molar-refractivity contribution < 1.29 is 14.3 Å². The van der Waals surface area contributed by atoms with Crippen LogP contribution in [-0.2, 0) is 11.3 Å². The largest absolute Gasteiger partial charge is 0.497 e. The standard InChI is InChI=1S/C25H31N3O3S/c1-4-11-26-24(29)19-9-12-27(13-10-19)25(30)22-15-23-21(14-17(2)32-23)28(22)16-18-5-7-20(31-3)8-6-18/h5-8,14-15,19H,4,9-13,16H2,1-3H3,(H,26,29). The van der Waals surface area contributed by atoms with Gasteiger partial charge in [0.05, 0.1) is 17.3 Å². The smallest absolute Gasteiger partial charge is 0.270 e. The number of benzene rings is 1. The zero-order chi connectivity index (χ0) is 22.7. The zero-order valence-electron chi connectivity index (χ0n) is 19.0. The zero-order valence-corrected chi connectivity index (χ0v) is 19.8. The molecule has 1 aliphatic heterocycles. The average Bonchev–Trinajstić information content (AvgIpc) is 3.34. The molecular weight excluding hydrogens is 422 g/mol. The van der Waals surface area contributed by atoms with Crippen molar-refractivity contribution in [1.82, 2.24) is 14.8 Å². The normalized spacial score (nSPS) is 14.7. The van der Waals surface area contributed by atoms with Crippen LogP contribution in [0, 0.1) is 12.8 Å². The predicted molar refractivity (Wildman–Crippen MR) is 129 cm³/mol. The fourth-order valence-corrected chi connectivity index (χ4v) is 5.29. The number of rotatable bonds is 7. The Labute approximate surface area is 193 Å². The third-order valence-corrected chi connectivity index (χ3v) is 7.12. The van der Waals surface area contributed by atoms with Gasteiger partial charge in [0, 0.05) is 37.0 Å². The Morgan fingerprint density at radius 1 is 1.16 bits per heavy atom. The molecule has 4 rings (SSSR count). The lowest BCUT2D eigenvalue weighted by molar-refractivity contribution is -0.126. The molecule has 2 aromatic heterocycles. The average molecular weight is 454 g/mol. The van der Waals surface area contributed by atoms with Crippen LogP contribution in [0.5, 0.6) is 5.75 Å². The van der Waals surface area contributed by atoms with E-state index in [9.17, 15) is 9.59 Å². The summed E-state index contributed by atoms with van der Waals surface area (Å²) in [5.41, 5.74) is 2.93. The minimum Gasteiger partial charge on any atom is -0.497 e. The third-order valence-electron chi connectivity index (χ3n) is 6.13. The highest BCUT2D eigenvalue weighted by molar-refractivity contribution is 7.19. The highest BCUT2D eigenvalue weighted by Gasteiger charge is 2.29. The summed E-state index contributed by atoms with van der Waals surface area (Å²) in [6, 6.07) is 12.2. The van der Waals surface area contributed by atoms with Gasteiger partial charge in [0.15, 0.2) is 0 Å². The molecule has 0 unspecified atom stereocenters. The number of piperidine rings is 1. The van der Waals surface area contributed by atoms with Crippen molar-refractivity contribution >= 4 is 33.4 Å². The van der Waals surface area contributed by atoms with Gasteiger partial charge in [0.1, 0.15) is 11.4 Å². The Bertz CT molecular complexity index is 1090. The molecule has 0 spiro atoms. The maximum Gasteiger partial charge on any atom is 0.270 e. The monoisotopic (exact) mass is 453 g/mol. The number of carbonyl (C=O) groups is 2. The first kappa shape index (κ1) is 22.4. The van der Waals surface area contributed by atoms with Crippen molar-refractivity contribution in [2.45, 2.75) is 39.7 Å². The van der Waals surface area contributed by atoms with Crippen LogP contribution in [-0.4, -0.2) is 48.0 Å². The SMILES string of the molecule is CCCNC(=O)C1CCN(C(=O)c2cc3sc(C)cc3n2Cc2ccc(OC)cc2)CC1. The van der Waals surface area contributed by atoms with Gasteiger partial charge in [-0.2, -0.15) is 0 Å². The fourth-order valence-electron chi connectivity index (χ4n) is 4.33. The summed E-state index contributed by atoms with van der Waals surface area (Å²) < 4.78 is 8.53. The first-order valence-corrected chi connectivity index (χ1v) is 12.1. The molecule has 0 atom stereocenters. The van der Waals surface area contributed by atoms with E-state index in [1.807, 2.05) is 35.2 Å². The second kappa shape index (κ2) is 9.77. The van der Waals surface area contributed by atoms with E-state index >= 15 is 0 Å². The number of likely N-dealkylation sites (tertiary alicyclic amines) is 1. The molecule has 0 aliphatic carbocycles. The first-order valence-electron chi connectivity index (χ1n) is 11.3. The van der Waals surface area contributed by atoms with Gasteiger partial charge in [0.25, 0.3) is 5.91 Å². The highest BCUT2D eigenvalue weighted by Crippen LogP contribution is 2.31. The number of aryl methyl sites for hydroxylation is 1. The number of thiophene rings is 1. The van der Waals surface area contributed by atoms with Crippen LogP contribution in [0.3, 0.4) is 0 Å². The topological polar surface area (TPSA) is 63.6 Å². The van der Waals surface area contributed by atoms with Crippen molar-refractivity contribution in [1.29, 1.82) is 0 Å². The third kappa shape index (κ3) is 4.67. The van der Waals surface area contributed by atoms with E-state index in [1.165, 1.54) is 4.88 Å². The second-order valence-corrected chi connectivity index (χ2v) is 9.72. The number of methoxy groups -OCH3 is 1. The predicted octanol–water partition coefficient (Wildman–Crippen LogP) is 4.45. The van der Waals surface area contributed by atoms with Crippen LogP contribution in [0.4, 0.5) is 0 Å². The van der Waals surface area contributed by atoms with E-state index in [0.717, 1.165) is 33.6 Å². The minimum atomic E-state index is 0.00262. The van der Waals surface area contributed by atoms with Gasteiger partial charge in [-0.05, 0) is 56.0 Å². The molecule has 1 saturated heterocycles. The van der Waals surface area contributed by atoms with E-state index in [0.29, 0.717) is 39.0 Å². The Balaban J connectivity index is 1.53. The quantitative estimate of drug-likeness (QED) is 0.575. The minimum absolute atomic E-state index is 0.00262. The number of ether oxygens (including phenoxy) is 1. The number of nitrogens with one attached hydrogen (secondary N) is 1. The van der Waals surface area contributed by atoms with Crippen LogP contribution < -0.4 is 10.1 Å². The van der Waals surface area contributed by atoms with E-state index < -0.39 is 0 Å². The second-order valence-electron chi connectivity index (χ2n) is 8.43. The molecule has 170 valence electrons. The van der Waals surface area contributed by atoms with Gasteiger partial charge in [-0.15, -0.1) is 11.3 Å². The molecule has 3 aromatic rings. The molecule has 1 aliphatic rings. The van der Waals surface area contributed by atoms with Gasteiger partial charge in [-0.1, -0.05) is 19.1 Å². The molecule has 7 heteroatoms. The summed E-state index contributed by atoms with van der Waals surface area (Å²) in [5.74, 6) is 0.993. The van der Waals surface area contributed by atoms with Crippen molar-refractivity contribution in [3.63, 3.8) is 0 Å². The van der Waals surface area contributed by atoms with Crippen molar-refractivity contribution in [3.8, 4) is 5.75 Å². The van der Waals surface area contributed by atoms with Gasteiger partial charge < -0.3 is 19.5 Å². The van der Waals surface area contributed by atoms with Crippen molar-refractivity contribution in [2.24, 2.45) is 5.92 Å². The molecule has 0 radical (unpaired) electrons. The van der Waals surface area contributed by atoms with E-state index in [-0.39, 0.29) is 17.7 Å². The van der Waals surface area contributed by atoms with Crippen molar-refractivity contribution in [2.75, 3.05) is 26.7 Å². The van der Waals surface area contributed by atoms with Gasteiger partial charge in [-0.3, -0.25) is 9.59 Å². The summed E-state index contributed by atoms with van der Waals surface area (Å²) in [4.78, 5) is 28.9. The molecule has 3 heterocycles. The Kier molecular flexibility index (Phi) is 6.84. The van der Waals surface area contributed by atoms with E-state index in [1.54, 1.807) is 18.4 Å². The molecule has 0 saturated carbocycles. The van der Waals surface area contributed by atoms with Crippen LogP contribution in [0.2, 0.25) is 0 Å². The highest BCUT2D eigenvalue weighted by atomic mass is 32.1. The molecular formula is C25H31N3O3S. The molecule has 1 aromatic carbocycles. The number of hydrogen-bond acceptors (Lipinski definition) is 4. The van der Waals surface area contributed by atoms with Gasteiger partial charge >= 0.3 is 0 Å². The first-order chi connectivity index (χ1) is 15.5. The lowest BCUT2D eigenvalue weighted by atomic mass is 9.95. The Morgan fingerprint density at radius 2 is 1.88 bits per heavy atom. The van der Waals surface area contributed by atoms with Crippen LogP contribution >= 0.6 is 11.3 Å². The summed E-state index contributed by atoms with van der Waals surface area (Å²) in [5, 5.41) is 2.99. The number of hydrogen-bond donors (Lipinski definition) is 1. The Morgan fingerprint density at radius 3 is 2.53 bits per heavy atom. The molecule has 2 amide bonds. The van der Waals surface area contributed by atoms with Gasteiger partial charge in [0.2, 0.25) is 5.91 Å². The summed E-state index contributed by atoms with van der Waals surface area (Å²) in [7, 11) is 1.66. The van der Waals surface area contributed by atoms with Gasteiger partial charge in [-0.25, -0.2) is 0 Å². The maximum absolute atomic E-state index is 13.5. The maximum atomic E-state index is 13.5. The van der Waals surface area contributed by atoms with E-state index in [4.69, 9.17) is 4.74 Å². The summed E-state index contributed by atoms with van der Waals surface area (Å²) >= 11 is 1.72. The Hall–Kier alpha value is -2.80. The number of nitrogens with zero attached hydrogens (tertiary/aromatic N) is 2. The van der Waals surface area contributed by atoms with Crippen LogP contribution in [0.1, 0.15) is 47.1 Å². The molecule has 32 heavy (non-hydrogen) atoms. The molecule has 1 fully saturated rings. The number of fused-ring (bicyclic) bond motifs is 1. The number of amides is 2. The van der Waals surface area contributed by atoms with Crippen LogP contribution in [0.15, 0.2) is 36.4 Å². The molecule has 0 bridgehead atoms. The van der Waals surface area contributed by atoms with Crippen LogP contribution in [0.25, 0.3) is 10.2 Å². The molecule has 6 nitrogen and oxygen atoms in total. The van der Waals surface area contributed by atoms with Crippen molar-refractivity contribution in [3.05, 3.63) is 52.5 Å². The number of carbonyl (C=O) groups excluding carboxylic acids is 2. The fraction of sp³-hybridized carbons (Fsp3) is 0.440. The van der Waals surface area contributed by atoms with E-state index in [2.05, 4.69) is 29.8 Å². The summed E-state index contributed by atoms with van der Waals surface area (Å²) in [6.45, 7) is 6.72. The number of aromatic nitrogens is 1. The summed E-state index contributed by atoms with van der Waals surface area (Å²) in [6.07, 6.45) is 2.37. The lowest BCUT2D eigenvalue weighted by Gasteiger charge is -2.31. The lowest BCUT2D eigenvalue weighted by Crippen LogP contribution is -2.43.